The fourth-order valence-electron chi connectivity index (χ4n) is 3.99. The zero-order valence-corrected chi connectivity index (χ0v) is 15.9. The van der Waals surface area contributed by atoms with E-state index in [9.17, 15) is 13.6 Å². The first-order chi connectivity index (χ1) is 13.5. The second-order valence-electron chi connectivity index (χ2n) is 7.23. The second kappa shape index (κ2) is 7.43. The third kappa shape index (κ3) is 3.32. The van der Waals surface area contributed by atoms with Crippen molar-refractivity contribution in [2.45, 2.75) is 52.2 Å². The molecule has 8 heteroatoms. The van der Waals surface area contributed by atoms with E-state index in [2.05, 4.69) is 15.0 Å². The SMILES string of the molecule is Cc1noc(C)c1CN1CCCC1c1nc2ccccc2c(=O)n1CC(F)F. The van der Waals surface area contributed by atoms with Crippen LogP contribution in [0.3, 0.4) is 0 Å². The van der Waals surface area contributed by atoms with Crippen molar-refractivity contribution in [2.24, 2.45) is 0 Å². The van der Waals surface area contributed by atoms with Gasteiger partial charge in [0.2, 0.25) is 0 Å². The fourth-order valence-corrected chi connectivity index (χ4v) is 3.99. The van der Waals surface area contributed by atoms with Gasteiger partial charge in [-0.15, -0.1) is 0 Å². The van der Waals surface area contributed by atoms with Gasteiger partial charge in [-0.2, -0.15) is 0 Å². The lowest BCUT2D eigenvalue weighted by Gasteiger charge is -2.26. The van der Waals surface area contributed by atoms with Gasteiger partial charge in [0, 0.05) is 12.1 Å². The summed E-state index contributed by atoms with van der Waals surface area (Å²) in [5.74, 6) is 1.16. The Bertz CT molecular complexity index is 1040. The molecule has 2 aromatic heterocycles. The van der Waals surface area contributed by atoms with Crippen molar-refractivity contribution in [1.82, 2.24) is 19.6 Å². The lowest BCUT2D eigenvalue weighted by atomic mass is 10.1. The van der Waals surface area contributed by atoms with Crippen molar-refractivity contribution in [3.8, 4) is 0 Å². The summed E-state index contributed by atoms with van der Waals surface area (Å²) in [6, 6.07) is 6.70. The van der Waals surface area contributed by atoms with Crippen molar-refractivity contribution < 1.29 is 13.3 Å². The molecule has 1 atom stereocenters. The van der Waals surface area contributed by atoms with E-state index in [-0.39, 0.29) is 6.04 Å². The number of nitrogens with zero attached hydrogens (tertiary/aromatic N) is 4. The minimum absolute atomic E-state index is 0.204. The van der Waals surface area contributed by atoms with Gasteiger partial charge in [-0.3, -0.25) is 14.3 Å². The van der Waals surface area contributed by atoms with E-state index in [1.54, 1.807) is 24.3 Å². The van der Waals surface area contributed by atoms with Crippen LogP contribution in [0.4, 0.5) is 8.78 Å². The second-order valence-corrected chi connectivity index (χ2v) is 7.23. The summed E-state index contributed by atoms with van der Waals surface area (Å²) in [4.78, 5) is 19.7. The molecule has 1 aromatic carbocycles. The molecular formula is C20H22F2N4O2. The number of hydrogen-bond donors (Lipinski definition) is 0. The predicted octanol–water partition coefficient (Wildman–Crippen LogP) is 3.60. The number of aromatic nitrogens is 3. The smallest absolute Gasteiger partial charge is 0.261 e. The molecule has 0 spiro atoms. The number of fused-ring (bicyclic) bond motifs is 1. The largest absolute Gasteiger partial charge is 0.361 e. The van der Waals surface area contributed by atoms with Gasteiger partial charge in [0.15, 0.2) is 0 Å². The van der Waals surface area contributed by atoms with Crippen LogP contribution >= 0.6 is 0 Å². The molecule has 1 saturated heterocycles. The number of halogens is 2. The number of hydrogen-bond acceptors (Lipinski definition) is 5. The molecule has 0 amide bonds. The minimum atomic E-state index is -2.63. The van der Waals surface area contributed by atoms with Crippen molar-refractivity contribution in [3.63, 3.8) is 0 Å². The molecule has 0 bridgehead atoms. The normalized spacial score (nSPS) is 17.8. The van der Waals surface area contributed by atoms with Crippen LogP contribution in [-0.2, 0) is 13.1 Å². The Kier molecular flexibility index (Phi) is 4.97. The van der Waals surface area contributed by atoms with E-state index in [4.69, 9.17) is 4.52 Å². The lowest BCUT2D eigenvalue weighted by molar-refractivity contribution is 0.120. The molecule has 6 nitrogen and oxygen atoms in total. The first kappa shape index (κ1) is 18.7. The minimum Gasteiger partial charge on any atom is -0.361 e. The molecule has 0 aliphatic carbocycles. The van der Waals surface area contributed by atoms with Crippen molar-refractivity contribution >= 4 is 10.9 Å². The average Bonchev–Trinajstić information content (AvgIpc) is 3.25. The van der Waals surface area contributed by atoms with Crippen LogP contribution in [0.15, 0.2) is 33.6 Å². The van der Waals surface area contributed by atoms with E-state index < -0.39 is 18.5 Å². The lowest BCUT2D eigenvalue weighted by Crippen LogP contribution is -2.33. The van der Waals surface area contributed by atoms with Crippen LogP contribution in [-0.4, -0.2) is 32.6 Å². The van der Waals surface area contributed by atoms with E-state index in [1.165, 1.54) is 0 Å². The van der Waals surface area contributed by atoms with Gasteiger partial charge >= 0.3 is 0 Å². The molecule has 1 aliphatic rings. The summed E-state index contributed by atoms with van der Waals surface area (Å²) in [6.07, 6.45) is -0.958. The number of benzene rings is 1. The number of likely N-dealkylation sites (tertiary alicyclic amines) is 1. The van der Waals surface area contributed by atoms with Gasteiger partial charge in [0.1, 0.15) is 11.6 Å². The van der Waals surface area contributed by atoms with Gasteiger partial charge in [0.05, 0.1) is 29.2 Å². The Labute approximate surface area is 160 Å². The van der Waals surface area contributed by atoms with Crippen LogP contribution < -0.4 is 5.56 Å². The summed E-state index contributed by atoms with van der Waals surface area (Å²) in [7, 11) is 0. The highest BCUT2D eigenvalue weighted by atomic mass is 19.3. The van der Waals surface area contributed by atoms with Gasteiger partial charge in [-0.1, -0.05) is 17.3 Å². The zero-order valence-electron chi connectivity index (χ0n) is 15.9. The van der Waals surface area contributed by atoms with Gasteiger partial charge in [-0.25, -0.2) is 13.8 Å². The summed E-state index contributed by atoms with van der Waals surface area (Å²) >= 11 is 0. The van der Waals surface area contributed by atoms with Crippen LogP contribution in [0, 0.1) is 13.8 Å². The molecule has 0 N–H and O–H groups in total. The molecule has 0 radical (unpaired) electrons. The fraction of sp³-hybridized carbons (Fsp3) is 0.450. The highest BCUT2D eigenvalue weighted by molar-refractivity contribution is 5.77. The Morgan fingerprint density at radius 2 is 2.07 bits per heavy atom. The third-order valence-corrected chi connectivity index (χ3v) is 5.42. The Hall–Kier alpha value is -2.61. The zero-order chi connectivity index (χ0) is 19.8. The highest BCUT2D eigenvalue weighted by Gasteiger charge is 2.32. The maximum absolute atomic E-state index is 13.3. The average molecular weight is 388 g/mol. The standard InChI is InChI=1S/C20H22F2N4O2/c1-12-15(13(2)28-24-12)10-25-9-5-8-17(25)19-23-16-7-4-3-6-14(16)20(27)26(19)11-18(21)22/h3-4,6-7,17-18H,5,8-11H2,1-2H3. The molecule has 1 aliphatic heterocycles. The summed E-state index contributed by atoms with van der Waals surface area (Å²) in [6.45, 7) is 4.48. The van der Waals surface area contributed by atoms with Crippen LogP contribution in [0.25, 0.3) is 10.9 Å². The van der Waals surface area contributed by atoms with Crippen molar-refractivity contribution in [2.75, 3.05) is 6.54 Å². The molecule has 28 heavy (non-hydrogen) atoms. The summed E-state index contributed by atoms with van der Waals surface area (Å²) < 4.78 is 32.9. The first-order valence-electron chi connectivity index (χ1n) is 9.39. The van der Waals surface area contributed by atoms with Gasteiger partial charge in [0.25, 0.3) is 12.0 Å². The summed E-state index contributed by atoms with van der Waals surface area (Å²) in [5.41, 5.74) is 1.94. The highest BCUT2D eigenvalue weighted by Crippen LogP contribution is 2.33. The third-order valence-electron chi connectivity index (χ3n) is 5.42. The maximum atomic E-state index is 13.3. The van der Waals surface area contributed by atoms with Crippen LogP contribution in [0.5, 0.6) is 0 Å². The van der Waals surface area contributed by atoms with E-state index in [0.29, 0.717) is 23.3 Å². The molecule has 148 valence electrons. The molecule has 1 unspecified atom stereocenters. The molecule has 1 fully saturated rings. The number of para-hydroxylation sites is 1. The molecular weight excluding hydrogens is 366 g/mol. The maximum Gasteiger partial charge on any atom is 0.261 e. The molecule has 3 aromatic rings. The Morgan fingerprint density at radius 1 is 1.29 bits per heavy atom. The van der Waals surface area contributed by atoms with E-state index >= 15 is 0 Å². The van der Waals surface area contributed by atoms with E-state index in [1.807, 2.05) is 13.8 Å². The van der Waals surface area contributed by atoms with Gasteiger partial charge in [-0.05, 0) is 45.4 Å². The Morgan fingerprint density at radius 3 is 2.79 bits per heavy atom. The first-order valence-corrected chi connectivity index (χ1v) is 9.39. The predicted molar refractivity (Wildman–Crippen MR) is 100 cm³/mol. The molecule has 3 heterocycles. The van der Waals surface area contributed by atoms with Gasteiger partial charge < -0.3 is 4.52 Å². The Balaban J connectivity index is 1.79. The number of alkyl halides is 2. The number of rotatable bonds is 5. The number of aryl methyl sites for hydroxylation is 2. The van der Waals surface area contributed by atoms with Crippen LogP contribution in [0.2, 0.25) is 0 Å². The van der Waals surface area contributed by atoms with Crippen LogP contribution in [0.1, 0.15) is 41.7 Å². The molecule has 4 rings (SSSR count). The van der Waals surface area contributed by atoms with Crippen molar-refractivity contribution in [3.05, 3.63) is 57.5 Å². The quantitative estimate of drug-likeness (QED) is 0.668. The topological polar surface area (TPSA) is 64.2 Å². The molecule has 0 saturated carbocycles. The summed E-state index contributed by atoms with van der Waals surface area (Å²) in [5, 5.41) is 4.36. The monoisotopic (exact) mass is 388 g/mol. The van der Waals surface area contributed by atoms with Crippen molar-refractivity contribution in [1.29, 1.82) is 0 Å². The van der Waals surface area contributed by atoms with E-state index in [0.717, 1.165) is 41.0 Å².